The van der Waals surface area contributed by atoms with Crippen LogP contribution in [0.4, 0.5) is 5.69 Å². The first-order valence-electron chi connectivity index (χ1n) is 7.26. The van der Waals surface area contributed by atoms with Gasteiger partial charge in [-0.15, -0.1) is 0 Å². The van der Waals surface area contributed by atoms with Crippen LogP contribution in [0, 0.1) is 12.1 Å². The second kappa shape index (κ2) is 6.27. The minimum atomic E-state index is 0.645. The van der Waals surface area contributed by atoms with Crippen molar-refractivity contribution in [1.29, 1.82) is 0 Å². The predicted molar refractivity (Wildman–Crippen MR) is 91.5 cm³/mol. The SMILES string of the molecule is Cc1cccc([N+]([O-])=Cc2ccc(-c3ccccc3)cc2)c1. The summed E-state index contributed by atoms with van der Waals surface area (Å²) in [7, 11) is 0. The molecule has 0 N–H and O–H groups in total. The molecule has 2 nitrogen and oxygen atoms in total. The molecule has 0 heterocycles. The highest BCUT2D eigenvalue weighted by Crippen LogP contribution is 2.19. The van der Waals surface area contributed by atoms with Gasteiger partial charge < -0.3 is 5.21 Å². The molecule has 22 heavy (non-hydrogen) atoms. The summed E-state index contributed by atoms with van der Waals surface area (Å²) in [5, 5.41) is 12.2. The maximum atomic E-state index is 12.2. The van der Waals surface area contributed by atoms with Gasteiger partial charge >= 0.3 is 0 Å². The fourth-order valence-corrected chi connectivity index (χ4v) is 2.37. The summed E-state index contributed by atoms with van der Waals surface area (Å²) in [6, 6.07) is 25.7. The summed E-state index contributed by atoms with van der Waals surface area (Å²) in [6.45, 7) is 1.98. The van der Waals surface area contributed by atoms with Crippen molar-refractivity contribution >= 4 is 11.9 Å². The molecule has 2 heteroatoms. The van der Waals surface area contributed by atoms with Crippen LogP contribution in [0.5, 0.6) is 0 Å². The zero-order valence-electron chi connectivity index (χ0n) is 12.4. The van der Waals surface area contributed by atoms with Crippen LogP contribution in [0.15, 0.2) is 78.9 Å². The molecule has 0 saturated heterocycles. The minimum Gasteiger partial charge on any atom is -0.618 e. The highest BCUT2D eigenvalue weighted by Gasteiger charge is 2.02. The lowest BCUT2D eigenvalue weighted by atomic mass is 10.0. The number of hydrogen-bond donors (Lipinski definition) is 0. The molecule has 0 aliphatic heterocycles. The topological polar surface area (TPSA) is 26.1 Å². The monoisotopic (exact) mass is 287 g/mol. The molecule has 0 fully saturated rings. The third-order valence-corrected chi connectivity index (χ3v) is 3.54. The Morgan fingerprint density at radius 1 is 0.773 bits per heavy atom. The van der Waals surface area contributed by atoms with Crippen LogP contribution in [0.2, 0.25) is 0 Å². The first-order valence-corrected chi connectivity index (χ1v) is 7.26. The van der Waals surface area contributed by atoms with Crippen LogP contribution in [-0.2, 0) is 0 Å². The van der Waals surface area contributed by atoms with Gasteiger partial charge in [-0.25, -0.2) is 0 Å². The Bertz CT molecular complexity index is 789. The van der Waals surface area contributed by atoms with E-state index in [2.05, 4.69) is 12.1 Å². The van der Waals surface area contributed by atoms with Crippen LogP contribution in [-0.4, -0.2) is 11.0 Å². The summed E-state index contributed by atoms with van der Waals surface area (Å²) >= 11 is 0. The number of nitrogens with zero attached hydrogens (tertiary/aromatic N) is 1. The first-order chi connectivity index (χ1) is 10.7. The third kappa shape index (κ3) is 3.23. The summed E-state index contributed by atoms with van der Waals surface area (Å²) in [4.78, 5) is 0. The number of hydrogen-bond acceptors (Lipinski definition) is 1. The van der Waals surface area contributed by atoms with Crippen molar-refractivity contribution < 1.29 is 4.74 Å². The quantitative estimate of drug-likeness (QED) is 0.290. The summed E-state index contributed by atoms with van der Waals surface area (Å²) < 4.78 is 0.907. The van der Waals surface area contributed by atoms with E-state index in [1.807, 2.05) is 73.7 Å². The van der Waals surface area contributed by atoms with Gasteiger partial charge in [-0.1, -0.05) is 54.6 Å². The third-order valence-electron chi connectivity index (χ3n) is 3.54. The first kappa shape index (κ1) is 14.1. The van der Waals surface area contributed by atoms with E-state index in [0.717, 1.165) is 21.4 Å². The number of benzene rings is 3. The van der Waals surface area contributed by atoms with Crippen LogP contribution in [0.1, 0.15) is 11.1 Å². The normalized spacial score (nSPS) is 11.4. The van der Waals surface area contributed by atoms with Gasteiger partial charge in [-0.05, 0) is 35.7 Å². The highest BCUT2D eigenvalue weighted by atomic mass is 16.5. The van der Waals surface area contributed by atoms with Gasteiger partial charge in [0.2, 0.25) is 5.69 Å². The molecule has 3 aromatic carbocycles. The lowest BCUT2D eigenvalue weighted by Crippen LogP contribution is -1.98. The molecule has 0 atom stereocenters. The number of rotatable bonds is 3. The molecule has 0 bridgehead atoms. The van der Waals surface area contributed by atoms with Gasteiger partial charge in [-0.3, -0.25) is 0 Å². The minimum absolute atomic E-state index is 0.645. The summed E-state index contributed by atoms with van der Waals surface area (Å²) in [5.74, 6) is 0. The second-order valence-electron chi connectivity index (χ2n) is 5.28. The van der Waals surface area contributed by atoms with E-state index in [4.69, 9.17) is 0 Å². The molecule has 0 radical (unpaired) electrons. The Labute approximate surface area is 130 Å². The van der Waals surface area contributed by atoms with E-state index in [0.29, 0.717) is 5.69 Å². The van der Waals surface area contributed by atoms with E-state index < -0.39 is 0 Å². The molecule has 108 valence electrons. The Morgan fingerprint density at radius 3 is 2.14 bits per heavy atom. The Morgan fingerprint density at radius 2 is 1.45 bits per heavy atom. The van der Waals surface area contributed by atoms with Crippen molar-refractivity contribution in [3.8, 4) is 11.1 Å². The van der Waals surface area contributed by atoms with Crippen molar-refractivity contribution in [3.63, 3.8) is 0 Å². The van der Waals surface area contributed by atoms with Crippen LogP contribution < -0.4 is 0 Å². The molecular weight excluding hydrogens is 270 g/mol. The van der Waals surface area contributed by atoms with Crippen LogP contribution in [0.25, 0.3) is 11.1 Å². The molecule has 3 rings (SSSR count). The molecule has 0 amide bonds. The van der Waals surface area contributed by atoms with Gasteiger partial charge in [-0.2, -0.15) is 4.74 Å². The average molecular weight is 287 g/mol. The standard InChI is InChI=1S/C20H17NO/c1-16-6-5-9-20(14-16)21(22)15-17-10-12-19(13-11-17)18-7-3-2-4-8-18/h2-15H,1H3. The smallest absolute Gasteiger partial charge is 0.216 e. The van der Waals surface area contributed by atoms with Gasteiger partial charge in [0, 0.05) is 17.7 Å². The largest absolute Gasteiger partial charge is 0.618 e. The fourth-order valence-electron chi connectivity index (χ4n) is 2.37. The van der Waals surface area contributed by atoms with Gasteiger partial charge in [0.1, 0.15) is 0 Å². The van der Waals surface area contributed by atoms with E-state index in [1.54, 1.807) is 6.21 Å². The van der Waals surface area contributed by atoms with E-state index in [1.165, 1.54) is 5.56 Å². The Kier molecular flexibility index (Phi) is 4.01. The van der Waals surface area contributed by atoms with Crippen LogP contribution >= 0.6 is 0 Å². The summed E-state index contributed by atoms with van der Waals surface area (Å²) in [6.07, 6.45) is 1.60. The number of aryl methyl sites for hydroxylation is 1. The summed E-state index contributed by atoms with van der Waals surface area (Å²) in [5.41, 5.74) is 4.92. The molecule has 0 aromatic heterocycles. The molecule has 3 aromatic rings. The van der Waals surface area contributed by atoms with Crippen molar-refractivity contribution in [2.24, 2.45) is 0 Å². The van der Waals surface area contributed by atoms with Gasteiger partial charge in [0.25, 0.3) is 0 Å². The van der Waals surface area contributed by atoms with Crippen molar-refractivity contribution in [3.05, 3.63) is 95.2 Å². The van der Waals surface area contributed by atoms with Crippen LogP contribution in [0.3, 0.4) is 0 Å². The lowest BCUT2D eigenvalue weighted by molar-refractivity contribution is -0.354. The zero-order valence-corrected chi connectivity index (χ0v) is 12.4. The molecule has 0 saturated carbocycles. The highest BCUT2D eigenvalue weighted by molar-refractivity contribution is 5.78. The van der Waals surface area contributed by atoms with Crippen molar-refractivity contribution in [2.75, 3.05) is 0 Å². The maximum absolute atomic E-state index is 12.2. The van der Waals surface area contributed by atoms with E-state index in [9.17, 15) is 5.21 Å². The molecule has 0 unspecified atom stereocenters. The predicted octanol–water partition coefficient (Wildman–Crippen LogP) is 4.92. The van der Waals surface area contributed by atoms with Crippen molar-refractivity contribution in [1.82, 2.24) is 0 Å². The van der Waals surface area contributed by atoms with Gasteiger partial charge in [0.05, 0.1) is 0 Å². The van der Waals surface area contributed by atoms with E-state index in [-0.39, 0.29) is 0 Å². The second-order valence-corrected chi connectivity index (χ2v) is 5.28. The molecular formula is C20H17NO. The zero-order chi connectivity index (χ0) is 15.4. The van der Waals surface area contributed by atoms with Gasteiger partial charge in [0.15, 0.2) is 6.21 Å². The average Bonchev–Trinajstić information content (AvgIpc) is 2.56. The Balaban J connectivity index is 1.86. The Hall–Kier alpha value is -2.87. The lowest BCUT2D eigenvalue weighted by Gasteiger charge is -2.05. The fraction of sp³-hybridized carbons (Fsp3) is 0.0500. The van der Waals surface area contributed by atoms with E-state index >= 15 is 0 Å². The maximum Gasteiger partial charge on any atom is 0.216 e. The molecule has 0 spiro atoms. The molecule has 0 aliphatic carbocycles. The van der Waals surface area contributed by atoms with Crippen molar-refractivity contribution in [2.45, 2.75) is 6.92 Å². The molecule has 0 aliphatic rings.